The largest absolute Gasteiger partial charge is 0.417 e. The Morgan fingerprint density at radius 2 is 1.70 bits per heavy atom. The van der Waals surface area contributed by atoms with Crippen LogP contribution in [0.25, 0.3) is 5.95 Å². The summed E-state index contributed by atoms with van der Waals surface area (Å²) in [5.74, 6) is -0.585. The maximum atomic E-state index is 13.0. The number of hydrogen-bond acceptors (Lipinski definition) is 4. The lowest BCUT2D eigenvalue weighted by molar-refractivity contribution is -0.137. The molecule has 27 heavy (non-hydrogen) atoms. The zero-order valence-corrected chi connectivity index (χ0v) is 14.8. The molecule has 0 saturated heterocycles. The molecule has 1 N–H and O–H groups in total. The summed E-state index contributed by atoms with van der Waals surface area (Å²) in [7, 11) is 0. The van der Waals surface area contributed by atoms with Crippen LogP contribution in [0.5, 0.6) is 0 Å². The van der Waals surface area contributed by atoms with Gasteiger partial charge in [-0.1, -0.05) is 12.1 Å². The quantitative estimate of drug-likeness (QED) is 0.755. The number of benzene rings is 1. The molecule has 3 aromatic rings. The molecule has 0 aliphatic carbocycles. The number of aryl methyl sites for hydroxylation is 1. The van der Waals surface area contributed by atoms with Gasteiger partial charge in [0.25, 0.3) is 11.9 Å². The van der Waals surface area contributed by atoms with Crippen molar-refractivity contribution in [2.24, 2.45) is 0 Å². The van der Waals surface area contributed by atoms with Crippen molar-refractivity contribution in [1.29, 1.82) is 0 Å². The van der Waals surface area contributed by atoms with Gasteiger partial charge in [0.05, 0.1) is 34.9 Å². The van der Waals surface area contributed by atoms with Crippen LogP contribution in [-0.4, -0.2) is 25.7 Å². The van der Waals surface area contributed by atoms with Gasteiger partial charge in [-0.2, -0.15) is 18.3 Å². The molecule has 0 saturated carbocycles. The number of nitrogens with one attached hydrogen (secondary N) is 1. The molecule has 1 amide bonds. The molecule has 0 fully saturated rings. The number of hydrogen-bond donors (Lipinski definition) is 1. The van der Waals surface area contributed by atoms with Crippen LogP contribution in [0, 0.1) is 20.8 Å². The van der Waals surface area contributed by atoms with Crippen molar-refractivity contribution < 1.29 is 18.0 Å². The molecule has 2 heterocycles. The number of halogens is 3. The molecular weight excluding hydrogens is 359 g/mol. The fraction of sp³-hybridized carbons (Fsp3) is 0.222. The van der Waals surface area contributed by atoms with Gasteiger partial charge >= 0.3 is 6.18 Å². The molecule has 140 valence electrons. The first kappa shape index (κ1) is 18.6. The number of carbonyl (C=O) groups excluding carboxylic acids is 1. The summed E-state index contributed by atoms with van der Waals surface area (Å²) in [4.78, 5) is 20.5. The number of rotatable bonds is 3. The normalized spacial score (nSPS) is 11.5. The summed E-state index contributed by atoms with van der Waals surface area (Å²) in [5, 5.41) is 6.72. The van der Waals surface area contributed by atoms with Gasteiger partial charge in [-0.25, -0.2) is 14.6 Å². The molecule has 0 radical (unpaired) electrons. The van der Waals surface area contributed by atoms with Gasteiger partial charge in [-0.15, -0.1) is 0 Å². The lowest BCUT2D eigenvalue weighted by Crippen LogP contribution is -2.19. The van der Waals surface area contributed by atoms with Crippen molar-refractivity contribution in [1.82, 2.24) is 19.7 Å². The third-order valence-electron chi connectivity index (χ3n) is 4.22. The molecule has 0 bridgehead atoms. The highest BCUT2D eigenvalue weighted by Gasteiger charge is 2.34. The van der Waals surface area contributed by atoms with Gasteiger partial charge in [0, 0.05) is 5.69 Å². The third kappa shape index (κ3) is 3.67. The summed E-state index contributed by atoms with van der Waals surface area (Å²) < 4.78 is 40.7. The number of alkyl halides is 3. The smallest absolute Gasteiger partial charge is 0.319 e. The van der Waals surface area contributed by atoms with E-state index in [9.17, 15) is 18.0 Å². The number of amides is 1. The summed E-state index contributed by atoms with van der Waals surface area (Å²) in [6, 6.07) is 4.58. The zero-order valence-electron chi connectivity index (χ0n) is 14.8. The highest BCUT2D eigenvalue weighted by atomic mass is 19.4. The topological polar surface area (TPSA) is 72.7 Å². The van der Waals surface area contributed by atoms with Gasteiger partial charge < -0.3 is 5.32 Å². The van der Waals surface area contributed by atoms with Crippen LogP contribution in [0.1, 0.15) is 32.9 Å². The molecule has 0 unspecified atom stereocenters. The van der Waals surface area contributed by atoms with Crippen LogP contribution in [0.2, 0.25) is 0 Å². The SMILES string of the molecule is Cc1nn(-c2ncc(NC(=O)c3ccccc3C(F)(F)F)cn2)c(C)c1C. The zero-order chi connectivity index (χ0) is 19.8. The van der Waals surface area contributed by atoms with Gasteiger partial charge in [0.15, 0.2) is 0 Å². The minimum absolute atomic E-state index is 0.180. The predicted octanol–water partition coefficient (Wildman–Crippen LogP) is 3.86. The Labute approximate surface area is 153 Å². The van der Waals surface area contributed by atoms with Gasteiger partial charge in [0.1, 0.15) is 0 Å². The first-order valence-corrected chi connectivity index (χ1v) is 8.01. The summed E-state index contributed by atoms with van der Waals surface area (Å²) in [5.41, 5.74) is 1.45. The van der Waals surface area contributed by atoms with Crippen LogP contribution in [0.4, 0.5) is 18.9 Å². The molecule has 6 nitrogen and oxygen atoms in total. The average Bonchev–Trinajstić information content (AvgIpc) is 2.89. The van der Waals surface area contributed by atoms with E-state index in [1.165, 1.54) is 24.5 Å². The highest BCUT2D eigenvalue weighted by Crippen LogP contribution is 2.32. The maximum Gasteiger partial charge on any atom is 0.417 e. The predicted molar refractivity (Wildman–Crippen MR) is 92.8 cm³/mol. The lowest BCUT2D eigenvalue weighted by Gasteiger charge is -2.12. The van der Waals surface area contributed by atoms with E-state index in [1.54, 1.807) is 4.68 Å². The Balaban J connectivity index is 1.83. The van der Waals surface area contributed by atoms with Gasteiger partial charge in [-0.05, 0) is 38.5 Å². The highest BCUT2D eigenvalue weighted by molar-refractivity contribution is 6.05. The molecule has 3 rings (SSSR count). The van der Waals surface area contributed by atoms with Crippen molar-refractivity contribution in [3.05, 3.63) is 64.7 Å². The van der Waals surface area contributed by atoms with Crippen LogP contribution in [0.3, 0.4) is 0 Å². The number of carbonyl (C=O) groups is 1. The van der Waals surface area contributed by atoms with Crippen LogP contribution in [-0.2, 0) is 6.18 Å². The molecular formula is C18H16F3N5O. The molecule has 0 aliphatic rings. The Bertz CT molecular complexity index is 993. The Morgan fingerprint density at radius 1 is 1.07 bits per heavy atom. The first-order chi connectivity index (χ1) is 12.7. The fourth-order valence-electron chi connectivity index (χ4n) is 2.54. The van der Waals surface area contributed by atoms with E-state index in [1.807, 2.05) is 20.8 Å². The summed E-state index contributed by atoms with van der Waals surface area (Å²) >= 11 is 0. The van der Waals surface area contributed by atoms with Crippen LogP contribution in [0.15, 0.2) is 36.7 Å². The number of aromatic nitrogens is 4. The minimum atomic E-state index is -4.62. The molecule has 0 atom stereocenters. The third-order valence-corrected chi connectivity index (χ3v) is 4.22. The monoisotopic (exact) mass is 375 g/mol. The minimum Gasteiger partial charge on any atom is -0.319 e. The lowest BCUT2D eigenvalue weighted by atomic mass is 10.1. The molecule has 9 heteroatoms. The Hall–Kier alpha value is -3.23. The van der Waals surface area contributed by atoms with Gasteiger partial charge in [-0.3, -0.25) is 4.79 Å². The van der Waals surface area contributed by atoms with Gasteiger partial charge in [0.2, 0.25) is 0 Å². The van der Waals surface area contributed by atoms with Crippen molar-refractivity contribution in [2.75, 3.05) is 5.32 Å². The van der Waals surface area contributed by atoms with E-state index in [0.717, 1.165) is 29.1 Å². The summed E-state index contributed by atoms with van der Waals surface area (Å²) in [6.45, 7) is 5.68. The van der Waals surface area contributed by atoms with E-state index in [0.29, 0.717) is 5.95 Å². The number of nitrogens with zero attached hydrogens (tertiary/aromatic N) is 4. The van der Waals surface area contributed by atoms with Crippen molar-refractivity contribution >= 4 is 11.6 Å². The van der Waals surface area contributed by atoms with E-state index in [-0.39, 0.29) is 5.69 Å². The molecule has 1 aromatic carbocycles. The summed E-state index contributed by atoms with van der Waals surface area (Å²) in [6.07, 6.45) is -1.98. The second kappa shape index (κ2) is 6.82. The fourth-order valence-corrected chi connectivity index (χ4v) is 2.54. The second-order valence-corrected chi connectivity index (χ2v) is 5.98. The van der Waals surface area contributed by atoms with E-state index >= 15 is 0 Å². The molecule has 2 aromatic heterocycles. The Kier molecular flexibility index (Phi) is 4.69. The van der Waals surface area contributed by atoms with Crippen molar-refractivity contribution in [2.45, 2.75) is 26.9 Å². The van der Waals surface area contributed by atoms with Crippen molar-refractivity contribution in [3.63, 3.8) is 0 Å². The molecule has 0 aliphatic heterocycles. The van der Waals surface area contributed by atoms with Crippen LogP contribution >= 0.6 is 0 Å². The first-order valence-electron chi connectivity index (χ1n) is 8.01. The van der Waals surface area contributed by atoms with E-state index < -0.39 is 23.2 Å². The van der Waals surface area contributed by atoms with E-state index in [2.05, 4.69) is 20.4 Å². The standard InChI is InChI=1S/C18H16F3N5O/c1-10-11(2)25-26(12(10)3)17-22-8-13(9-23-17)24-16(27)14-6-4-5-7-15(14)18(19,20)21/h4-9H,1-3H3,(H,24,27). The number of anilines is 1. The maximum absolute atomic E-state index is 13.0. The second-order valence-electron chi connectivity index (χ2n) is 5.98. The molecule has 0 spiro atoms. The van der Waals surface area contributed by atoms with E-state index in [4.69, 9.17) is 0 Å². The average molecular weight is 375 g/mol. The van der Waals surface area contributed by atoms with Crippen molar-refractivity contribution in [3.8, 4) is 5.95 Å². The van der Waals surface area contributed by atoms with Crippen LogP contribution < -0.4 is 5.32 Å². The Morgan fingerprint density at radius 3 is 2.26 bits per heavy atom.